The molecule has 0 bridgehead atoms. The van der Waals surface area contributed by atoms with Gasteiger partial charge >= 0.3 is 0 Å². The topological polar surface area (TPSA) is 51.7 Å². The highest BCUT2D eigenvalue weighted by Gasteiger charge is 2.11. The zero-order chi connectivity index (χ0) is 18.8. The van der Waals surface area contributed by atoms with Crippen molar-refractivity contribution in [3.8, 4) is 0 Å². The highest BCUT2D eigenvalue weighted by atomic mass is 15.1. The fourth-order valence-electron chi connectivity index (χ4n) is 2.91. The molecule has 0 aromatic carbocycles. The first-order valence-electron chi connectivity index (χ1n) is 8.24. The molecule has 0 aliphatic rings. The maximum Gasteiger partial charge on any atom is 0.155 e. The van der Waals surface area contributed by atoms with Gasteiger partial charge < -0.3 is 24.3 Å². The second kappa shape index (κ2) is 6.84. The third-order valence-corrected chi connectivity index (χ3v) is 4.25. The molecule has 134 valence electrons. The maximum atomic E-state index is 4.30. The van der Waals surface area contributed by atoms with E-state index in [9.17, 15) is 0 Å². The molecule has 26 heavy (non-hydrogen) atoms. The summed E-state index contributed by atoms with van der Waals surface area (Å²) >= 11 is 0. The predicted octanol–water partition coefficient (Wildman–Crippen LogP) is 3.91. The minimum atomic E-state index is 0.743. The van der Waals surface area contributed by atoms with Gasteiger partial charge in [-0.3, -0.25) is 0 Å². The van der Waals surface area contributed by atoms with Crippen molar-refractivity contribution in [3.05, 3.63) is 73.9 Å². The van der Waals surface area contributed by atoms with Crippen LogP contribution in [0, 0.1) is 0 Å². The van der Waals surface area contributed by atoms with E-state index in [0.29, 0.717) is 0 Å². The van der Waals surface area contributed by atoms with Crippen molar-refractivity contribution in [3.63, 3.8) is 0 Å². The summed E-state index contributed by atoms with van der Waals surface area (Å²) in [4.78, 5) is 4.30. The van der Waals surface area contributed by atoms with Gasteiger partial charge in [0.15, 0.2) is 5.82 Å². The highest BCUT2D eigenvalue weighted by Crippen LogP contribution is 2.24. The van der Waals surface area contributed by atoms with Crippen LogP contribution in [0.5, 0.6) is 0 Å². The number of nitrogens with zero attached hydrogens (tertiary/aromatic N) is 4. The fourth-order valence-corrected chi connectivity index (χ4v) is 2.91. The monoisotopic (exact) mass is 348 g/mol. The number of hydrogen-bond donors (Lipinski definition) is 2. The van der Waals surface area contributed by atoms with Crippen LogP contribution in [0.1, 0.15) is 17.2 Å². The van der Waals surface area contributed by atoms with Gasteiger partial charge in [-0.1, -0.05) is 19.7 Å². The number of imidazole rings is 1. The van der Waals surface area contributed by atoms with Crippen LogP contribution in [0.3, 0.4) is 0 Å². The van der Waals surface area contributed by atoms with E-state index in [0.717, 1.165) is 40.0 Å². The van der Waals surface area contributed by atoms with Crippen molar-refractivity contribution >= 4 is 28.8 Å². The molecule has 0 aliphatic heterocycles. The van der Waals surface area contributed by atoms with Crippen LogP contribution in [0.2, 0.25) is 0 Å². The van der Waals surface area contributed by atoms with Gasteiger partial charge in [0.05, 0.1) is 28.5 Å². The Morgan fingerprint density at radius 1 is 0.962 bits per heavy atom. The molecular weight excluding hydrogens is 324 g/mol. The SMILES string of the molecule is C=Cc1cc(NC(=C)c2cc(NC(=C)c3nccn3C)cn2C)cn1C. The molecule has 0 radical (unpaired) electrons. The van der Waals surface area contributed by atoms with Crippen LogP contribution in [-0.4, -0.2) is 18.7 Å². The Labute approximate surface area is 153 Å². The van der Waals surface area contributed by atoms with Gasteiger partial charge in [0.25, 0.3) is 0 Å². The predicted molar refractivity (Wildman–Crippen MR) is 109 cm³/mol. The van der Waals surface area contributed by atoms with Gasteiger partial charge in [0.1, 0.15) is 0 Å². The van der Waals surface area contributed by atoms with Crippen molar-refractivity contribution in [1.29, 1.82) is 0 Å². The summed E-state index contributed by atoms with van der Waals surface area (Å²) in [6, 6.07) is 4.06. The maximum absolute atomic E-state index is 4.30. The van der Waals surface area contributed by atoms with Gasteiger partial charge in [0.2, 0.25) is 0 Å². The summed E-state index contributed by atoms with van der Waals surface area (Å²) in [7, 11) is 5.91. The van der Waals surface area contributed by atoms with Crippen LogP contribution >= 0.6 is 0 Å². The molecule has 0 aliphatic carbocycles. The molecular formula is C20H24N6. The Kier molecular flexibility index (Phi) is 4.58. The van der Waals surface area contributed by atoms with Gasteiger partial charge in [-0.2, -0.15) is 0 Å². The molecule has 0 amide bonds. The zero-order valence-corrected chi connectivity index (χ0v) is 15.5. The van der Waals surface area contributed by atoms with Crippen LogP contribution in [0.25, 0.3) is 17.5 Å². The van der Waals surface area contributed by atoms with E-state index in [1.165, 1.54) is 0 Å². The molecule has 6 heteroatoms. The van der Waals surface area contributed by atoms with Crippen LogP contribution in [0.4, 0.5) is 11.4 Å². The van der Waals surface area contributed by atoms with E-state index in [-0.39, 0.29) is 0 Å². The van der Waals surface area contributed by atoms with Gasteiger partial charge in [-0.05, 0) is 18.2 Å². The number of aryl methyl sites for hydroxylation is 3. The normalized spacial score (nSPS) is 10.6. The largest absolute Gasteiger partial charge is 0.353 e. The molecule has 3 aromatic rings. The minimum Gasteiger partial charge on any atom is -0.353 e. The minimum absolute atomic E-state index is 0.743. The highest BCUT2D eigenvalue weighted by molar-refractivity contribution is 5.79. The third-order valence-electron chi connectivity index (χ3n) is 4.25. The van der Waals surface area contributed by atoms with E-state index >= 15 is 0 Å². The number of rotatable bonds is 7. The van der Waals surface area contributed by atoms with Crippen LogP contribution in [-0.2, 0) is 21.1 Å². The molecule has 0 saturated carbocycles. The number of hydrogen-bond acceptors (Lipinski definition) is 3. The van der Waals surface area contributed by atoms with E-state index in [4.69, 9.17) is 0 Å². The molecule has 0 saturated heterocycles. The van der Waals surface area contributed by atoms with Gasteiger partial charge in [-0.15, -0.1) is 0 Å². The second-order valence-corrected chi connectivity index (χ2v) is 6.26. The summed E-state index contributed by atoms with van der Waals surface area (Å²) in [5, 5.41) is 6.65. The molecule has 0 unspecified atom stereocenters. The molecule has 6 nitrogen and oxygen atoms in total. The summed E-state index contributed by atoms with van der Waals surface area (Å²) in [6.45, 7) is 12.1. The third kappa shape index (κ3) is 3.35. The van der Waals surface area contributed by atoms with Crippen molar-refractivity contribution in [1.82, 2.24) is 18.7 Å². The summed E-state index contributed by atoms with van der Waals surface area (Å²) in [6.07, 6.45) is 9.47. The molecule has 2 N–H and O–H groups in total. The average molecular weight is 348 g/mol. The Bertz CT molecular complexity index is 982. The molecule has 3 heterocycles. The van der Waals surface area contributed by atoms with Crippen LogP contribution < -0.4 is 10.6 Å². The Balaban J connectivity index is 1.74. The zero-order valence-electron chi connectivity index (χ0n) is 15.5. The molecule has 3 aromatic heterocycles. The number of anilines is 2. The summed E-state index contributed by atoms with van der Waals surface area (Å²) in [5.41, 5.74) is 5.47. The molecule has 0 atom stereocenters. The van der Waals surface area contributed by atoms with Gasteiger partial charge in [0, 0.05) is 51.6 Å². The van der Waals surface area contributed by atoms with Crippen LogP contribution in [0.15, 0.2) is 56.7 Å². The lowest BCUT2D eigenvalue weighted by molar-refractivity contribution is 0.889. The van der Waals surface area contributed by atoms with E-state index < -0.39 is 0 Å². The Morgan fingerprint density at radius 2 is 1.62 bits per heavy atom. The molecule has 3 rings (SSSR count). The fraction of sp³-hybridized carbons (Fsp3) is 0.150. The lowest BCUT2D eigenvalue weighted by Gasteiger charge is -2.08. The van der Waals surface area contributed by atoms with E-state index in [1.54, 1.807) is 6.20 Å². The quantitative estimate of drug-likeness (QED) is 0.681. The van der Waals surface area contributed by atoms with Crippen molar-refractivity contribution in [2.24, 2.45) is 21.1 Å². The van der Waals surface area contributed by atoms with E-state index in [2.05, 4.69) is 35.4 Å². The first-order chi connectivity index (χ1) is 12.4. The smallest absolute Gasteiger partial charge is 0.155 e. The first kappa shape index (κ1) is 17.4. The molecule has 0 fully saturated rings. The summed E-state index contributed by atoms with van der Waals surface area (Å²) < 4.78 is 5.95. The summed E-state index contributed by atoms with van der Waals surface area (Å²) in [5.74, 6) is 0.800. The Hall–Kier alpha value is -3.41. The number of aromatic nitrogens is 4. The van der Waals surface area contributed by atoms with Crippen molar-refractivity contribution < 1.29 is 0 Å². The second-order valence-electron chi connectivity index (χ2n) is 6.26. The lowest BCUT2D eigenvalue weighted by atomic mass is 10.3. The van der Waals surface area contributed by atoms with E-state index in [1.807, 2.05) is 71.6 Å². The van der Waals surface area contributed by atoms with Crippen molar-refractivity contribution in [2.45, 2.75) is 0 Å². The standard InChI is InChI=1S/C20H24N6/c1-7-18-10-16(12-25(18)5)22-14(2)19-11-17(13-26(19)6)23-15(3)20-21-8-9-24(20)4/h7-13,22-23H,1-3H2,4-6H3. The first-order valence-corrected chi connectivity index (χ1v) is 8.24. The van der Waals surface area contributed by atoms with Gasteiger partial charge in [-0.25, -0.2) is 4.98 Å². The lowest BCUT2D eigenvalue weighted by Crippen LogP contribution is -2.03. The van der Waals surface area contributed by atoms with Crippen molar-refractivity contribution in [2.75, 3.05) is 10.6 Å². The number of nitrogens with one attached hydrogen (secondary N) is 2. The molecule has 0 spiro atoms. The Morgan fingerprint density at radius 3 is 2.23 bits per heavy atom. The average Bonchev–Trinajstić information content (AvgIpc) is 3.26.